The lowest BCUT2D eigenvalue weighted by molar-refractivity contribution is -0.123. The molecule has 1 atom stereocenters. The maximum Gasteiger partial charge on any atom is 0.251 e. The lowest BCUT2D eigenvalue weighted by atomic mass is 10.2. The lowest BCUT2D eigenvalue weighted by Crippen LogP contribution is -2.51. The number of imide groups is 1. The molecule has 1 aromatic carbocycles. The Balaban J connectivity index is 1.86. The molecule has 0 aliphatic carbocycles. The zero-order valence-electron chi connectivity index (χ0n) is 13.3. The second-order valence-corrected chi connectivity index (χ2v) is 6.38. The van der Waals surface area contributed by atoms with Crippen LogP contribution in [0.5, 0.6) is 5.75 Å². The van der Waals surface area contributed by atoms with Crippen LogP contribution in [0.4, 0.5) is 5.69 Å². The van der Waals surface area contributed by atoms with Crippen LogP contribution in [0.1, 0.15) is 6.42 Å². The largest absolute Gasteiger partial charge is 0.495 e. The van der Waals surface area contributed by atoms with Gasteiger partial charge < -0.3 is 9.64 Å². The summed E-state index contributed by atoms with van der Waals surface area (Å²) in [4.78, 5) is 30.8. The summed E-state index contributed by atoms with van der Waals surface area (Å²) in [6.07, 6.45) is 0.207. The van der Waals surface area contributed by atoms with Gasteiger partial charge in [-0.25, -0.2) is 4.90 Å². The average Bonchev–Trinajstić information content (AvgIpc) is 2.83. The van der Waals surface area contributed by atoms with E-state index in [1.165, 1.54) is 12.0 Å². The molecule has 0 spiro atoms. The van der Waals surface area contributed by atoms with Gasteiger partial charge in [0.1, 0.15) is 5.75 Å². The number of amides is 2. The first kappa shape index (κ1) is 16.2. The van der Waals surface area contributed by atoms with Crippen molar-refractivity contribution in [3.05, 3.63) is 23.2 Å². The molecule has 0 unspecified atom stereocenters. The van der Waals surface area contributed by atoms with Crippen LogP contribution in [0.3, 0.4) is 0 Å². The van der Waals surface area contributed by atoms with Gasteiger partial charge >= 0.3 is 0 Å². The van der Waals surface area contributed by atoms with Crippen molar-refractivity contribution in [3.63, 3.8) is 0 Å². The maximum absolute atomic E-state index is 12.8. The highest BCUT2D eigenvalue weighted by molar-refractivity contribution is 6.31. The molecule has 7 heteroatoms. The molecule has 2 fully saturated rings. The first-order chi connectivity index (χ1) is 11.0. The number of carbonyl (C=O) groups is 2. The Morgan fingerprint density at radius 2 is 1.87 bits per heavy atom. The normalized spacial score (nSPS) is 23.6. The summed E-state index contributed by atoms with van der Waals surface area (Å²) in [5.74, 6) is 0.0646. The van der Waals surface area contributed by atoms with Crippen molar-refractivity contribution < 1.29 is 14.3 Å². The van der Waals surface area contributed by atoms with E-state index in [9.17, 15) is 9.59 Å². The number of nitrogens with zero attached hydrogens (tertiary/aromatic N) is 3. The van der Waals surface area contributed by atoms with Gasteiger partial charge in [-0.05, 0) is 25.2 Å². The molecule has 3 rings (SSSR count). The molecule has 2 aliphatic rings. The van der Waals surface area contributed by atoms with Crippen LogP contribution in [-0.4, -0.2) is 68.0 Å². The Kier molecular flexibility index (Phi) is 4.57. The van der Waals surface area contributed by atoms with Crippen LogP contribution in [-0.2, 0) is 9.59 Å². The van der Waals surface area contributed by atoms with Crippen molar-refractivity contribution in [2.45, 2.75) is 12.5 Å². The first-order valence-electron chi connectivity index (χ1n) is 7.64. The molecule has 0 radical (unpaired) electrons. The van der Waals surface area contributed by atoms with E-state index in [4.69, 9.17) is 16.3 Å². The Hall–Kier alpha value is -1.63. The quantitative estimate of drug-likeness (QED) is 0.776. The van der Waals surface area contributed by atoms with Crippen molar-refractivity contribution in [3.8, 4) is 5.75 Å². The third kappa shape index (κ3) is 3.06. The Labute approximate surface area is 140 Å². The van der Waals surface area contributed by atoms with Crippen molar-refractivity contribution in [2.24, 2.45) is 0 Å². The fraction of sp³-hybridized carbons (Fsp3) is 0.500. The zero-order valence-corrected chi connectivity index (χ0v) is 14.0. The maximum atomic E-state index is 12.8. The van der Waals surface area contributed by atoms with Crippen LogP contribution in [0, 0.1) is 0 Å². The van der Waals surface area contributed by atoms with E-state index in [-0.39, 0.29) is 24.3 Å². The number of halogens is 1. The standard InChI is InChI=1S/C16H20ClN3O3/c1-18-5-7-19(8-6-18)13-10-15(21)20(16(13)22)12-9-11(17)3-4-14(12)23-2/h3-4,9,13H,5-8,10H2,1-2H3/t13-/m1/s1. The van der Waals surface area contributed by atoms with E-state index >= 15 is 0 Å². The lowest BCUT2D eigenvalue weighted by Gasteiger charge is -2.35. The number of hydrogen-bond donors (Lipinski definition) is 0. The predicted octanol–water partition coefficient (Wildman–Crippen LogP) is 1.23. The number of hydrogen-bond acceptors (Lipinski definition) is 5. The van der Waals surface area contributed by atoms with Crippen molar-refractivity contribution in [1.82, 2.24) is 9.80 Å². The van der Waals surface area contributed by atoms with E-state index in [0.717, 1.165) is 26.2 Å². The molecule has 2 heterocycles. The minimum atomic E-state index is -0.389. The molecule has 2 aliphatic heterocycles. The van der Waals surface area contributed by atoms with Gasteiger partial charge in [0.05, 0.1) is 25.3 Å². The highest BCUT2D eigenvalue weighted by Crippen LogP contribution is 2.35. The second kappa shape index (κ2) is 6.47. The topological polar surface area (TPSA) is 53.1 Å². The number of anilines is 1. The van der Waals surface area contributed by atoms with E-state index < -0.39 is 0 Å². The fourth-order valence-corrected chi connectivity index (χ4v) is 3.29. The third-order valence-corrected chi connectivity index (χ3v) is 4.72. The van der Waals surface area contributed by atoms with E-state index in [2.05, 4.69) is 16.8 Å². The summed E-state index contributed by atoms with van der Waals surface area (Å²) < 4.78 is 5.28. The highest BCUT2D eigenvalue weighted by atomic mass is 35.5. The average molecular weight is 338 g/mol. The van der Waals surface area contributed by atoms with Crippen molar-refractivity contribution in [2.75, 3.05) is 45.2 Å². The van der Waals surface area contributed by atoms with Crippen molar-refractivity contribution in [1.29, 1.82) is 0 Å². The minimum Gasteiger partial charge on any atom is -0.495 e. The molecule has 2 amide bonds. The van der Waals surface area contributed by atoms with Gasteiger partial charge in [-0.2, -0.15) is 0 Å². The first-order valence-corrected chi connectivity index (χ1v) is 8.02. The van der Waals surface area contributed by atoms with Gasteiger partial charge in [-0.3, -0.25) is 14.5 Å². The SMILES string of the molecule is COc1ccc(Cl)cc1N1C(=O)C[C@@H](N2CCN(C)CC2)C1=O. The molecule has 124 valence electrons. The summed E-state index contributed by atoms with van der Waals surface area (Å²) in [6, 6.07) is 4.55. The number of ether oxygens (including phenoxy) is 1. The van der Waals surface area contributed by atoms with Gasteiger partial charge in [-0.1, -0.05) is 11.6 Å². The van der Waals surface area contributed by atoms with E-state index in [1.807, 2.05) is 0 Å². The van der Waals surface area contributed by atoms with Crippen LogP contribution in [0.25, 0.3) is 0 Å². The van der Waals surface area contributed by atoms with Gasteiger partial charge in [0.15, 0.2) is 0 Å². The molecule has 0 bridgehead atoms. The monoisotopic (exact) mass is 337 g/mol. The van der Waals surface area contributed by atoms with Gasteiger partial charge in [0.2, 0.25) is 5.91 Å². The van der Waals surface area contributed by atoms with Crippen molar-refractivity contribution >= 4 is 29.1 Å². The van der Waals surface area contributed by atoms with Crippen LogP contribution in [0.15, 0.2) is 18.2 Å². The Morgan fingerprint density at radius 1 is 1.17 bits per heavy atom. The molecule has 0 saturated carbocycles. The molecule has 6 nitrogen and oxygen atoms in total. The van der Waals surface area contributed by atoms with E-state index in [1.54, 1.807) is 18.2 Å². The molecule has 2 saturated heterocycles. The number of piperazine rings is 1. The summed E-state index contributed by atoms with van der Waals surface area (Å²) >= 11 is 6.03. The molecule has 23 heavy (non-hydrogen) atoms. The van der Waals surface area contributed by atoms with Crippen LogP contribution in [0.2, 0.25) is 5.02 Å². The number of benzene rings is 1. The molecular weight excluding hydrogens is 318 g/mol. The number of methoxy groups -OCH3 is 1. The predicted molar refractivity (Wildman–Crippen MR) is 88.0 cm³/mol. The molecule has 1 aromatic rings. The zero-order chi connectivity index (χ0) is 16.6. The van der Waals surface area contributed by atoms with Crippen LogP contribution < -0.4 is 9.64 Å². The van der Waals surface area contributed by atoms with Crippen LogP contribution >= 0.6 is 11.6 Å². The highest BCUT2D eigenvalue weighted by Gasteiger charge is 2.44. The van der Waals surface area contributed by atoms with Gasteiger partial charge in [-0.15, -0.1) is 0 Å². The minimum absolute atomic E-state index is 0.194. The summed E-state index contributed by atoms with van der Waals surface area (Å²) in [6.45, 7) is 3.39. The third-order valence-electron chi connectivity index (χ3n) is 4.48. The second-order valence-electron chi connectivity index (χ2n) is 5.94. The number of carbonyl (C=O) groups excluding carboxylic acids is 2. The Bertz CT molecular complexity index is 629. The molecular formula is C16H20ClN3O3. The summed E-state index contributed by atoms with van der Waals surface area (Å²) in [5, 5.41) is 0.462. The smallest absolute Gasteiger partial charge is 0.251 e. The molecule has 0 N–H and O–H groups in total. The number of likely N-dealkylation sites (N-methyl/N-ethyl adjacent to an activating group) is 1. The summed E-state index contributed by atoms with van der Waals surface area (Å²) in [5.41, 5.74) is 0.423. The Morgan fingerprint density at radius 3 is 2.52 bits per heavy atom. The van der Waals surface area contributed by atoms with Gasteiger partial charge in [0.25, 0.3) is 5.91 Å². The van der Waals surface area contributed by atoms with E-state index in [0.29, 0.717) is 16.5 Å². The molecule has 0 aromatic heterocycles. The number of rotatable bonds is 3. The summed E-state index contributed by atoms with van der Waals surface area (Å²) in [7, 11) is 3.57. The fourth-order valence-electron chi connectivity index (χ4n) is 3.13. The van der Waals surface area contributed by atoms with Gasteiger partial charge in [0, 0.05) is 31.2 Å².